The first kappa shape index (κ1) is 33.9. The third-order valence-electron chi connectivity index (χ3n) is 9.29. The standard InChI is InChI=1S/C37H47N5O5/c1-24-20-42(25(2)23-43)37(46)29-12-9-15-32(40-35(44)27-10-5-4-6-11-27)34(29)47-33(24)22-41(3)21-26-16-18-28(19-17-26)36(45)39-31-14-8-7-13-30(31)38/h7-9,12-19,24-25,27,33,43H,4-6,10-11,20-23,38H2,1-3H3,(H,39,45)(H,40,44)/t24-,25-,33-/m1/s1. The topological polar surface area (TPSA) is 137 Å². The highest BCUT2D eigenvalue weighted by Crippen LogP contribution is 2.36. The van der Waals surface area contributed by atoms with Crippen molar-refractivity contribution in [2.45, 2.75) is 64.6 Å². The third kappa shape index (κ3) is 8.31. The molecule has 1 heterocycles. The van der Waals surface area contributed by atoms with E-state index >= 15 is 0 Å². The van der Waals surface area contributed by atoms with Gasteiger partial charge in [0.2, 0.25) is 5.91 Å². The molecule has 5 N–H and O–H groups in total. The summed E-state index contributed by atoms with van der Waals surface area (Å²) < 4.78 is 6.70. The molecule has 1 fully saturated rings. The zero-order valence-electron chi connectivity index (χ0n) is 27.6. The molecular weight excluding hydrogens is 594 g/mol. The fourth-order valence-corrected chi connectivity index (χ4v) is 6.41. The molecule has 3 aromatic carbocycles. The van der Waals surface area contributed by atoms with Crippen molar-refractivity contribution < 1.29 is 24.2 Å². The summed E-state index contributed by atoms with van der Waals surface area (Å²) in [5.41, 5.74) is 9.47. The number of carbonyl (C=O) groups excluding carboxylic acids is 3. The number of rotatable bonds is 10. The summed E-state index contributed by atoms with van der Waals surface area (Å²) in [6, 6.07) is 19.5. The number of carbonyl (C=O) groups is 3. The van der Waals surface area contributed by atoms with Crippen LogP contribution in [0.1, 0.15) is 72.2 Å². The van der Waals surface area contributed by atoms with E-state index in [0.717, 1.165) is 37.7 Å². The molecule has 2 aliphatic rings. The molecule has 3 atom stereocenters. The van der Waals surface area contributed by atoms with Gasteiger partial charge in [0, 0.05) is 37.0 Å². The smallest absolute Gasteiger partial charge is 0.258 e. The van der Waals surface area contributed by atoms with E-state index in [4.69, 9.17) is 10.5 Å². The fourth-order valence-electron chi connectivity index (χ4n) is 6.41. The minimum Gasteiger partial charge on any atom is -0.486 e. The number of ether oxygens (including phenoxy) is 1. The van der Waals surface area contributed by atoms with Crippen LogP contribution in [0.4, 0.5) is 17.1 Å². The second-order valence-electron chi connectivity index (χ2n) is 13.1. The van der Waals surface area contributed by atoms with Gasteiger partial charge >= 0.3 is 0 Å². The first-order chi connectivity index (χ1) is 22.6. The second-order valence-corrected chi connectivity index (χ2v) is 13.1. The highest BCUT2D eigenvalue weighted by Gasteiger charge is 2.35. The number of para-hydroxylation sites is 3. The summed E-state index contributed by atoms with van der Waals surface area (Å²) in [4.78, 5) is 43.7. The number of hydrogen-bond acceptors (Lipinski definition) is 7. The monoisotopic (exact) mass is 641 g/mol. The molecule has 1 saturated carbocycles. The summed E-state index contributed by atoms with van der Waals surface area (Å²) in [5, 5.41) is 16.0. The van der Waals surface area contributed by atoms with Crippen LogP contribution in [0, 0.1) is 11.8 Å². The Morgan fingerprint density at radius 1 is 1.00 bits per heavy atom. The quantitative estimate of drug-likeness (QED) is 0.218. The largest absolute Gasteiger partial charge is 0.486 e. The SMILES string of the molecule is C[C@@H]1CN([C@H](C)CO)C(=O)c2cccc(NC(=O)C3CCCCC3)c2O[C@@H]1CN(C)Cc1ccc(C(=O)Nc2ccccc2N)cc1. The Labute approximate surface area is 277 Å². The molecule has 5 rings (SSSR count). The molecule has 1 aliphatic carbocycles. The van der Waals surface area contributed by atoms with Crippen LogP contribution in [0.5, 0.6) is 5.75 Å². The number of nitrogens with zero attached hydrogens (tertiary/aromatic N) is 2. The van der Waals surface area contributed by atoms with Gasteiger partial charge in [0.1, 0.15) is 6.10 Å². The van der Waals surface area contributed by atoms with Crippen molar-refractivity contribution in [3.63, 3.8) is 0 Å². The number of nitrogen functional groups attached to an aromatic ring is 1. The first-order valence-corrected chi connectivity index (χ1v) is 16.6. The maximum atomic E-state index is 13.8. The van der Waals surface area contributed by atoms with Gasteiger partial charge in [0.05, 0.1) is 35.3 Å². The summed E-state index contributed by atoms with van der Waals surface area (Å²) in [5.74, 6) is -0.264. The van der Waals surface area contributed by atoms with Gasteiger partial charge in [-0.3, -0.25) is 19.3 Å². The minimum atomic E-state index is -0.385. The van der Waals surface area contributed by atoms with E-state index in [-0.39, 0.29) is 48.3 Å². The van der Waals surface area contributed by atoms with Crippen LogP contribution in [0.2, 0.25) is 0 Å². The number of benzene rings is 3. The van der Waals surface area contributed by atoms with E-state index in [1.54, 1.807) is 47.4 Å². The number of aliphatic hydroxyl groups is 1. The number of hydrogen-bond donors (Lipinski definition) is 4. The number of amides is 3. The van der Waals surface area contributed by atoms with Gasteiger partial charge in [0.15, 0.2) is 5.75 Å². The maximum Gasteiger partial charge on any atom is 0.258 e. The van der Waals surface area contributed by atoms with Gasteiger partial charge in [-0.05, 0) is 68.8 Å². The Kier molecular flexibility index (Phi) is 11.2. The Hall–Kier alpha value is -4.41. The van der Waals surface area contributed by atoms with Gasteiger partial charge in [-0.1, -0.05) is 56.5 Å². The van der Waals surface area contributed by atoms with Crippen LogP contribution >= 0.6 is 0 Å². The average molecular weight is 642 g/mol. The summed E-state index contributed by atoms with van der Waals surface area (Å²) in [7, 11) is 2.00. The predicted molar refractivity (Wildman–Crippen MR) is 184 cm³/mol. The molecule has 0 radical (unpaired) electrons. The van der Waals surface area contributed by atoms with Crippen LogP contribution < -0.4 is 21.1 Å². The fraction of sp³-hybridized carbons (Fsp3) is 0.432. The van der Waals surface area contributed by atoms with Gasteiger partial charge < -0.3 is 31.1 Å². The summed E-state index contributed by atoms with van der Waals surface area (Å²) >= 11 is 0. The molecule has 10 nitrogen and oxygen atoms in total. The zero-order chi connectivity index (χ0) is 33.5. The van der Waals surface area contributed by atoms with Gasteiger partial charge in [0.25, 0.3) is 11.8 Å². The lowest BCUT2D eigenvalue weighted by atomic mass is 9.88. The molecule has 47 heavy (non-hydrogen) atoms. The van der Waals surface area contributed by atoms with E-state index < -0.39 is 0 Å². The van der Waals surface area contributed by atoms with Crippen molar-refractivity contribution in [1.82, 2.24) is 9.80 Å². The number of likely N-dealkylation sites (N-methyl/N-ethyl adjacent to an activating group) is 1. The number of fused-ring (bicyclic) bond motifs is 1. The molecule has 3 amide bonds. The average Bonchev–Trinajstić information content (AvgIpc) is 3.08. The second kappa shape index (κ2) is 15.5. The number of nitrogens with one attached hydrogen (secondary N) is 2. The van der Waals surface area contributed by atoms with Crippen molar-refractivity contribution in [2.75, 3.05) is 43.1 Å². The Morgan fingerprint density at radius 3 is 2.40 bits per heavy atom. The lowest BCUT2D eigenvalue weighted by molar-refractivity contribution is -0.120. The summed E-state index contributed by atoms with van der Waals surface area (Å²) in [6.45, 7) is 5.27. The minimum absolute atomic E-state index is 0.0390. The number of nitrogens with two attached hydrogens (primary N) is 1. The predicted octanol–water partition coefficient (Wildman–Crippen LogP) is 5.39. The maximum absolute atomic E-state index is 13.8. The zero-order valence-corrected chi connectivity index (χ0v) is 27.6. The molecule has 0 spiro atoms. The van der Waals surface area contributed by atoms with E-state index in [2.05, 4.69) is 15.5 Å². The molecule has 1 aliphatic heterocycles. The van der Waals surface area contributed by atoms with Crippen molar-refractivity contribution in [3.05, 3.63) is 83.4 Å². The molecule has 3 aromatic rings. The van der Waals surface area contributed by atoms with Crippen LogP contribution in [-0.4, -0.2) is 71.5 Å². The highest BCUT2D eigenvalue weighted by molar-refractivity contribution is 6.05. The Morgan fingerprint density at radius 2 is 1.70 bits per heavy atom. The van der Waals surface area contributed by atoms with Gasteiger partial charge in [-0.2, -0.15) is 0 Å². The first-order valence-electron chi connectivity index (χ1n) is 16.6. The van der Waals surface area contributed by atoms with Crippen LogP contribution in [0.25, 0.3) is 0 Å². The molecule has 250 valence electrons. The molecule has 0 aromatic heterocycles. The van der Waals surface area contributed by atoms with Crippen LogP contribution in [0.15, 0.2) is 66.7 Å². The van der Waals surface area contributed by atoms with Gasteiger partial charge in [-0.15, -0.1) is 0 Å². The van der Waals surface area contributed by atoms with Gasteiger partial charge in [-0.25, -0.2) is 0 Å². The molecule has 0 bridgehead atoms. The molecule has 10 heteroatoms. The van der Waals surface area contributed by atoms with Crippen LogP contribution in [-0.2, 0) is 11.3 Å². The van der Waals surface area contributed by atoms with Crippen molar-refractivity contribution in [1.29, 1.82) is 0 Å². The molecule has 0 saturated heterocycles. The van der Waals surface area contributed by atoms with Crippen molar-refractivity contribution in [2.24, 2.45) is 11.8 Å². The summed E-state index contributed by atoms with van der Waals surface area (Å²) in [6.07, 6.45) is 4.63. The van der Waals surface area contributed by atoms with Crippen molar-refractivity contribution >= 4 is 34.8 Å². The lowest BCUT2D eigenvalue weighted by Crippen LogP contribution is -2.49. The third-order valence-corrected chi connectivity index (χ3v) is 9.29. The van der Waals surface area contributed by atoms with E-state index in [1.165, 1.54) is 0 Å². The Balaban J connectivity index is 1.32. The number of aliphatic hydroxyl groups excluding tert-OH is 1. The number of anilines is 3. The normalized spacial score (nSPS) is 19.3. The molecular formula is C37H47N5O5. The highest BCUT2D eigenvalue weighted by atomic mass is 16.5. The lowest BCUT2D eigenvalue weighted by Gasteiger charge is -2.38. The Bertz CT molecular complexity index is 1550. The molecule has 0 unspecified atom stereocenters. The van der Waals surface area contributed by atoms with E-state index in [9.17, 15) is 19.5 Å². The van der Waals surface area contributed by atoms with E-state index in [1.807, 2.05) is 45.2 Å². The van der Waals surface area contributed by atoms with Crippen molar-refractivity contribution in [3.8, 4) is 5.75 Å². The van der Waals surface area contributed by atoms with E-state index in [0.29, 0.717) is 53.6 Å². The van der Waals surface area contributed by atoms with Crippen LogP contribution in [0.3, 0.4) is 0 Å².